The van der Waals surface area contributed by atoms with Gasteiger partial charge in [-0.1, -0.05) is 42.5 Å². The minimum Gasteiger partial charge on any atom is -0.369 e. The van der Waals surface area contributed by atoms with Gasteiger partial charge in [0, 0.05) is 25.8 Å². The number of anilines is 1. The maximum absolute atomic E-state index is 3.31. The summed E-state index contributed by atoms with van der Waals surface area (Å²) in [5.41, 5.74) is 3.85. The van der Waals surface area contributed by atoms with Crippen LogP contribution in [0.25, 0.3) is 11.1 Å². The van der Waals surface area contributed by atoms with E-state index in [1.807, 2.05) is 0 Å². The highest BCUT2D eigenvalue weighted by atomic mass is 15.2. The molecule has 92 valence electrons. The number of nitrogens with zero attached hydrogens (tertiary/aromatic N) is 1. The number of rotatable bonds is 3. The first-order valence-corrected chi connectivity index (χ1v) is 6.43. The highest BCUT2D eigenvalue weighted by molar-refractivity contribution is 5.66. The Labute approximate surface area is 108 Å². The van der Waals surface area contributed by atoms with Gasteiger partial charge in [0.05, 0.1) is 6.04 Å². The lowest BCUT2D eigenvalue weighted by atomic mass is 10.0. The monoisotopic (exact) mass is 238 g/mol. The molecule has 0 spiro atoms. The Balaban J connectivity index is 1.80. The molecule has 1 aliphatic rings. The van der Waals surface area contributed by atoms with Crippen molar-refractivity contribution in [1.82, 2.24) is 5.32 Å². The first kappa shape index (κ1) is 11.3. The maximum Gasteiger partial charge on any atom is 0.0535 e. The molecule has 2 aromatic carbocycles. The van der Waals surface area contributed by atoms with E-state index in [0.717, 1.165) is 13.1 Å². The standard InChI is InChI=1S/C16H18N2/c1-18(16-11-17-12-16)15-9-7-14(8-10-15)13-5-3-2-4-6-13/h2-10,16-17H,11-12H2,1H3. The first-order valence-electron chi connectivity index (χ1n) is 6.43. The summed E-state index contributed by atoms with van der Waals surface area (Å²) in [5, 5.41) is 3.31. The zero-order valence-electron chi connectivity index (χ0n) is 10.6. The van der Waals surface area contributed by atoms with Gasteiger partial charge in [-0.15, -0.1) is 0 Å². The van der Waals surface area contributed by atoms with Crippen molar-refractivity contribution in [3.63, 3.8) is 0 Å². The van der Waals surface area contributed by atoms with Crippen LogP contribution in [0.1, 0.15) is 0 Å². The zero-order chi connectivity index (χ0) is 12.4. The molecule has 3 rings (SSSR count). The van der Waals surface area contributed by atoms with Crippen LogP contribution in [0.15, 0.2) is 54.6 Å². The molecule has 1 heterocycles. The molecule has 0 bridgehead atoms. The van der Waals surface area contributed by atoms with Crippen molar-refractivity contribution in [2.45, 2.75) is 6.04 Å². The molecule has 0 atom stereocenters. The molecule has 0 saturated carbocycles. The summed E-state index contributed by atoms with van der Waals surface area (Å²) in [5.74, 6) is 0. The average Bonchev–Trinajstić information content (AvgIpc) is 2.38. The second-order valence-electron chi connectivity index (χ2n) is 4.84. The smallest absolute Gasteiger partial charge is 0.0535 e. The highest BCUT2D eigenvalue weighted by Crippen LogP contribution is 2.23. The Hall–Kier alpha value is -1.80. The lowest BCUT2D eigenvalue weighted by molar-refractivity contribution is 0.429. The van der Waals surface area contributed by atoms with Gasteiger partial charge in [0.1, 0.15) is 0 Å². The van der Waals surface area contributed by atoms with E-state index >= 15 is 0 Å². The number of hydrogen-bond donors (Lipinski definition) is 1. The minimum atomic E-state index is 0.646. The topological polar surface area (TPSA) is 15.3 Å². The number of hydrogen-bond acceptors (Lipinski definition) is 2. The summed E-state index contributed by atoms with van der Waals surface area (Å²) in [6.07, 6.45) is 0. The van der Waals surface area contributed by atoms with Gasteiger partial charge >= 0.3 is 0 Å². The number of benzene rings is 2. The van der Waals surface area contributed by atoms with Gasteiger partial charge in [0.15, 0.2) is 0 Å². The molecule has 0 amide bonds. The fraction of sp³-hybridized carbons (Fsp3) is 0.250. The van der Waals surface area contributed by atoms with Crippen molar-refractivity contribution < 1.29 is 0 Å². The molecule has 0 radical (unpaired) electrons. The first-order chi connectivity index (χ1) is 8.84. The number of nitrogens with one attached hydrogen (secondary N) is 1. The van der Waals surface area contributed by atoms with Crippen LogP contribution in [-0.2, 0) is 0 Å². The van der Waals surface area contributed by atoms with E-state index in [9.17, 15) is 0 Å². The quantitative estimate of drug-likeness (QED) is 0.884. The Morgan fingerprint density at radius 3 is 2.06 bits per heavy atom. The van der Waals surface area contributed by atoms with Gasteiger partial charge in [0.25, 0.3) is 0 Å². The van der Waals surface area contributed by atoms with E-state index in [0.29, 0.717) is 6.04 Å². The average molecular weight is 238 g/mol. The van der Waals surface area contributed by atoms with E-state index in [4.69, 9.17) is 0 Å². The molecule has 1 saturated heterocycles. The fourth-order valence-corrected chi connectivity index (χ4v) is 2.28. The molecule has 1 fully saturated rings. The predicted octanol–water partition coefficient (Wildman–Crippen LogP) is 2.76. The zero-order valence-corrected chi connectivity index (χ0v) is 10.6. The van der Waals surface area contributed by atoms with Crippen LogP contribution in [0.2, 0.25) is 0 Å². The molecular weight excluding hydrogens is 220 g/mol. The van der Waals surface area contributed by atoms with Crippen molar-refractivity contribution in [3.8, 4) is 11.1 Å². The predicted molar refractivity (Wildman–Crippen MR) is 76.9 cm³/mol. The van der Waals surface area contributed by atoms with Crippen LogP contribution in [0.3, 0.4) is 0 Å². The summed E-state index contributed by atoms with van der Waals surface area (Å²) in [6, 6.07) is 20.0. The summed E-state index contributed by atoms with van der Waals surface area (Å²) >= 11 is 0. The summed E-state index contributed by atoms with van der Waals surface area (Å²) in [7, 11) is 2.17. The van der Waals surface area contributed by atoms with Crippen LogP contribution >= 0.6 is 0 Å². The van der Waals surface area contributed by atoms with E-state index < -0.39 is 0 Å². The van der Waals surface area contributed by atoms with Crippen LogP contribution in [0.5, 0.6) is 0 Å². The molecule has 1 N–H and O–H groups in total. The maximum atomic E-state index is 3.31. The van der Waals surface area contributed by atoms with Gasteiger partial charge in [-0.3, -0.25) is 0 Å². The second-order valence-corrected chi connectivity index (χ2v) is 4.84. The lowest BCUT2D eigenvalue weighted by Crippen LogP contribution is -2.56. The Morgan fingerprint density at radius 1 is 0.889 bits per heavy atom. The van der Waals surface area contributed by atoms with E-state index in [2.05, 4.69) is 71.9 Å². The van der Waals surface area contributed by atoms with E-state index in [1.54, 1.807) is 0 Å². The van der Waals surface area contributed by atoms with E-state index in [1.165, 1.54) is 16.8 Å². The lowest BCUT2D eigenvalue weighted by Gasteiger charge is -2.37. The third kappa shape index (κ3) is 2.12. The fourth-order valence-electron chi connectivity index (χ4n) is 2.28. The molecule has 2 aromatic rings. The van der Waals surface area contributed by atoms with Crippen molar-refractivity contribution in [2.75, 3.05) is 25.0 Å². The highest BCUT2D eigenvalue weighted by Gasteiger charge is 2.21. The largest absolute Gasteiger partial charge is 0.369 e. The van der Waals surface area contributed by atoms with Crippen molar-refractivity contribution >= 4 is 5.69 Å². The SMILES string of the molecule is CN(c1ccc(-c2ccccc2)cc1)C1CNC1. The molecule has 0 unspecified atom stereocenters. The number of likely N-dealkylation sites (N-methyl/N-ethyl adjacent to an activating group) is 1. The van der Waals surface area contributed by atoms with Gasteiger partial charge in [0.2, 0.25) is 0 Å². The Kier molecular flexibility index (Phi) is 3.03. The molecular formula is C16H18N2. The molecule has 0 aliphatic carbocycles. The van der Waals surface area contributed by atoms with Crippen molar-refractivity contribution in [2.24, 2.45) is 0 Å². The third-order valence-corrected chi connectivity index (χ3v) is 3.69. The molecule has 18 heavy (non-hydrogen) atoms. The summed E-state index contributed by atoms with van der Waals surface area (Å²) in [4.78, 5) is 2.35. The summed E-state index contributed by atoms with van der Waals surface area (Å²) < 4.78 is 0. The van der Waals surface area contributed by atoms with Crippen LogP contribution in [0.4, 0.5) is 5.69 Å². The molecule has 1 aliphatic heterocycles. The molecule has 2 nitrogen and oxygen atoms in total. The Bertz CT molecular complexity index is 500. The van der Waals surface area contributed by atoms with Gasteiger partial charge < -0.3 is 10.2 Å². The normalized spacial score (nSPS) is 15.2. The van der Waals surface area contributed by atoms with E-state index in [-0.39, 0.29) is 0 Å². The molecule has 2 heteroatoms. The van der Waals surface area contributed by atoms with Crippen molar-refractivity contribution in [1.29, 1.82) is 0 Å². The third-order valence-electron chi connectivity index (χ3n) is 3.69. The van der Waals surface area contributed by atoms with Gasteiger partial charge in [-0.05, 0) is 23.3 Å². The minimum absolute atomic E-state index is 0.646. The second kappa shape index (κ2) is 4.83. The van der Waals surface area contributed by atoms with Crippen molar-refractivity contribution in [3.05, 3.63) is 54.6 Å². The van der Waals surface area contributed by atoms with Crippen LogP contribution in [0, 0.1) is 0 Å². The van der Waals surface area contributed by atoms with Crippen LogP contribution in [-0.4, -0.2) is 26.2 Å². The summed E-state index contributed by atoms with van der Waals surface area (Å²) in [6.45, 7) is 2.19. The van der Waals surface area contributed by atoms with Gasteiger partial charge in [-0.25, -0.2) is 0 Å². The molecule has 0 aromatic heterocycles. The Morgan fingerprint density at radius 2 is 1.50 bits per heavy atom. The van der Waals surface area contributed by atoms with Gasteiger partial charge in [-0.2, -0.15) is 0 Å². The van der Waals surface area contributed by atoms with Crippen LogP contribution < -0.4 is 10.2 Å².